The molecular formula is C10H19N. The van der Waals surface area contributed by atoms with Gasteiger partial charge in [0.15, 0.2) is 0 Å². The molecule has 0 heterocycles. The van der Waals surface area contributed by atoms with Crippen molar-refractivity contribution in [1.82, 2.24) is 5.32 Å². The minimum absolute atomic E-state index is 0.860. The van der Waals surface area contributed by atoms with Crippen molar-refractivity contribution in [3.63, 3.8) is 0 Å². The van der Waals surface area contributed by atoms with Crippen LogP contribution in [-0.2, 0) is 0 Å². The van der Waals surface area contributed by atoms with Gasteiger partial charge in [0.25, 0.3) is 0 Å². The van der Waals surface area contributed by atoms with E-state index < -0.39 is 0 Å². The molecule has 2 bridgehead atoms. The molecular weight excluding hydrogens is 134 g/mol. The molecule has 2 aliphatic rings. The number of rotatable bonds is 2. The van der Waals surface area contributed by atoms with E-state index in [-0.39, 0.29) is 0 Å². The van der Waals surface area contributed by atoms with Gasteiger partial charge in [-0.1, -0.05) is 13.8 Å². The lowest BCUT2D eigenvalue weighted by atomic mass is 9.86. The van der Waals surface area contributed by atoms with Crippen LogP contribution in [0, 0.1) is 17.8 Å². The van der Waals surface area contributed by atoms with Gasteiger partial charge in [-0.25, -0.2) is 0 Å². The molecule has 1 heteroatoms. The molecule has 0 amide bonds. The Morgan fingerprint density at radius 2 is 2.00 bits per heavy atom. The van der Waals surface area contributed by atoms with Gasteiger partial charge in [0.05, 0.1) is 0 Å². The molecule has 0 saturated heterocycles. The Kier molecular flexibility index (Phi) is 1.92. The molecule has 4 atom stereocenters. The second kappa shape index (κ2) is 2.78. The first kappa shape index (κ1) is 7.60. The van der Waals surface area contributed by atoms with Crippen LogP contribution in [0.1, 0.15) is 33.1 Å². The highest BCUT2D eigenvalue weighted by molar-refractivity contribution is 4.98. The van der Waals surface area contributed by atoms with Crippen LogP contribution >= 0.6 is 0 Å². The summed E-state index contributed by atoms with van der Waals surface area (Å²) in [4.78, 5) is 0. The van der Waals surface area contributed by atoms with E-state index in [1.54, 1.807) is 0 Å². The van der Waals surface area contributed by atoms with E-state index in [4.69, 9.17) is 0 Å². The van der Waals surface area contributed by atoms with Gasteiger partial charge in [-0.05, 0) is 43.6 Å². The summed E-state index contributed by atoms with van der Waals surface area (Å²) < 4.78 is 0. The molecule has 1 N–H and O–H groups in total. The largest absolute Gasteiger partial charge is 0.314 e. The van der Waals surface area contributed by atoms with Gasteiger partial charge in [0.1, 0.15) is 0 Å². The zero-order valence-corrected chi connectivity index (χ0v) is 7.64. The summed E-state index contributed by atoms with van der Waals surface area (Å²) in [6.45, 7) is 5.80. The predicted octanol–water partition coefficient (Wildman–Crippen LogP) is 2.03. The van der Waals surface area contributed by atoms with Crippen molar-refractivity contribution >= 4 is 0 Å². The molecule has 2 fully saturated rings. The molecule has 11 heavy (non-hydrogen) atoms. The van der Waals surface area contributed by atoms with E-state index in [0.29, 0.717) is 0 Å². The highest BCUT2D eigenvalue weighted by Gasteiger charge is 2.44. The molecule has 4 unspecified atom stereocenters. The van der Waals surface area contributed by atoms with Crippen molar-refractivity contribution < 1.29 is 0 Å². The average Bonchev–Trinajstić information content (AvgIpc) is 2.54. The molecule has 0 radical (unpaired) electrons. The van der Waals surface area contributed by atoms with Gasteiger partial charge in [-0.3, -0.25) is 0 Å². The van der Waals surface area contributed by atoms with Gasteiger partial charge >= 0.3 is 0 Å². The lowest BCUT2D eigenvalue weighted by molar-refractivity contribution is 0.269. The van der Waals surface area contributed by atoms with Crippen molar-refractivity contribution in [2.75, 3.05) is 6.54 Å². The maximum absolute atomic E-state index is 3.63. The summed E-state index contributed by atoms with van der Waals surface area (Å²) >= 11 is 0. The van der Waals surface area contributed by atoms with E-state index in [1.165, 1.54) is 19.3 Å². The number of fused-ring (bicyclic) bond motifs is 2. The normalized spacial score (nSPS) is 48.5. The van der Waals surface area contributed by atoms with Crippen molar-refractivity contribution in [2.45, 2.75) is 39.2 Å². The summed E-state index contributed by atoms with van der Waals surface area (Å²) in [7, 11) is 0. The first-order valence-electron chi connectivity index (χ1n) is 5.06. The van der Waals surface area contributed by atoms with Crippen LogP contribution in [-0.4, -0.2) is 12.6 Å². The van der Waals surface area contributed by atoms with Crippen LogP contribution in [0.3, 0.4) is 0 Å². The summed E-state index contributed by atoms with van der Waals surface area (Å²) in [5.74, 6) is 3.03. The third-order valence-electron chi connectivity index (χ3n) is 3.77. The first-order chi connectivity index (χ1) is 5.33. The predicted molar refractivity (Wildman–Crippen MR) is 47.5 cm³/mol. The Bertz CT molecular complexity index is 142. The van der Waals surface area contributed by atoms with Gasteiger partial charge < -0.3 is 5.32 Å². The van der Waals surface area contributed by atoms with Gasteiger partial charge in [-0.15, -0.1) is 0 Å². The molecule has 1 nitrogen and oxygen atoms in total. The molecule has 2 saturated carbocycles. The van der Waals surface area contributed by atoms with Crippen LogP contribution in [0.2, 0.25) is 0 Å². The topological polar surface area (TPSA) is 12.0 Å². The number of hydrogen-bond acceptors (Lipinski definition) is 1. The Hall–Kier alpha value is -0.0400. The van der Waals surface area contributed by atoms with Crippen molar-refractivity contribution in [2.24, 2.45) is 17.8 Å². The zero-order chi connectivity index (χ0) is 7.84. The maximum Gasteiger partial charge on any atom is 0.0124 e. The molecule has 0 spiro atoms. The van der Waals surface area contributed by atoms with E-state index in [2.05, 4.69) is 19.2 Å². The number of nitrogens with one attached hydrogen (secondary N) is 1. The molecule has 2 rings (SSSR count). The van der Waals surface area contributed by atoms with Crippen molar-refractivity contribution in [1.29, 1.82) is 0 Å². The summed E-state index contributed by atoms with van der Waals surface area (Å²) in [6.07, 6.45) is 4.51. The Labute approximate surface area is 69.6 Å². The van der Waals surface area contributed by atoms with Crippen molar-refractivity contribution in [3.05, 3.63) is 0 Å². The minimum Gasteiger partial charge on any atom is -0.314 e. The zero-order valence-electron chi connectivity index (χ0n) is 7.64. The fraction of sp³-hybridized carbons (Fsp3) is 1.00. The van der Waals surface area contributed by atoms with E-state index in [1.807, 2.05) is 0 Å². The third-order valence-corrected chi connectivity index (χ3v) is 3.77. The summed E-state index contributed by atoms with van der Waals surface area (Å²) in [5, 5.41) is 3.63. The number of hydrogen-bond donors (Lipinski definition) is 1. The second-order valence-electron chi connectivity index (χ2n) is 4.28. The lowest BCUT2D eigenvalue weighted by Gasteiger charge is -2.28. The molecule has 64 valence electrons. The first-order valence-corrected chi connectivity index (χ1v) is 5.06. The van der Waals surface area contributed by atoms with Gasteiger partial charge in [0.2, 0.25) is 0 Å². The molecule has 2 aliphatic carbocycles. The summed E-state index contributed by atoms with van der Waals surface area (Å²) in [5.41, 5.74) is 0. The second-order valence-corrected chi connectivity index (χ2v) is 4.28. The maximum atomic E-state index is 3.63. The fourth-order valence-electron chi connectivity index (χ4n) is 3.17. The van der Waals surface area contributed by atoms with Crippen LogP contribution in [0.15, 0.2) is 0 Å². The molecule has 0 aliphatic heterocycles. The van der Waals surface area contributed by atoms with E-state index >= 15 is 0 Å². The van der Waals surface area contributed by atoms with Crippen LogP contribution in [0.25, 0.3) is 0 Å². The smallest absolute Gasteiger partial charge is 0.0124 e. The van der Waals surface area contributed by atoms with Crippen LogP contribution in [0.4, 0.5) is 0 Å². The van der Waals surface area contributed by atoms with Gasteiger partial charge in [0, 0.05) is 6.04 Å². The monoisotopic (exact) mass is 153 g/mol. The Morgan fingerprint density at radius 1 is 1.27 bits per heavy atom. The Morgan fingerprint density at radius 3 is 2.55 bits per heavy atom. The van der Waals surface area contributed by atoms with E-state index in [0.717, 1.165) is 30.3 Å². The van der Waals surface area contributed by atoms with Crippen LogP contribution < -0.4 is 5.32 Å². The van der Waals surface area contributed by atoms with Gasteiger partial charge in [-0.2, -0.15) is 0 Å². The summed E-state index contributed by atoms with van der Waals surface area (Å²) in [6, 6.07) is 0.860. The lowest BCUT2D eigenvalue weighted by Crippen LogP contribution is -2.39. The SMILES string of the molecule is CCNC1C2CCC(C2)C1C. The van der Waals surface area contributed by atoms with Crippen LogP contribution in [0.5, 0.6) is 0 Å². The minimum atomic E-state index is 0.860. The van der Waals surface area contributed by atoms with E-state index in [9.17, 15) is 0 Å². The highest BCUT2D eigenvalue weighted by atomic mass is 14.9. The highest BCUT2D eigenvalue weighted by Crippen LogP contribution is 2.48. The third kappa shape index (κ3) is 1.10. The fourth-order valence-corrected chi connectivity index (χ4v) is 3.17. The quantitative estimate of drug-likeness (QED) is 0.640. The average molecular weight is 153 g/mol. The standard InChI is InChI=1S/C10H19N/c1-3-11-10-7(2)8-4-5-9(10)6-8/h7-11H,3-6H2,1-2H3. The molecule has 0 aromatic heterocycles. The molecule has 0 aromatic carbocycles. The van der Waals surface area contributed by atoms with Crippen molar-refractivity contribution in [3.8, 4) is 0 Å². The molecule has 0 aromatic rings. The Balaban J connectivity index is 2.00.